The molecule has 0 amide bonds. The molecule has 2 saturated carbocycles. The first-order valence-corrected chi connectivity index (χ1v) is 14.3. The summed E-state index contributed by atoms with van der Waals surface area (Å²) in [6.07, 6.45) is 21.4. The lowest BCUT2D eigenvalue weighted by Gasteiger charge is -2.28. The van der Waals surface area contributed by atoms with Crippen LogP contribution in [0.3, 0.4) is 0 Å². The van der Waals surface area contributed by atoms with Gasteiger partial charge < -0.3 is 4.74 Å². The Bertz CT molecular complexity index is 893. The van der Waals surface area contributed by atoms with E-state index < -0.39 is 0 Å². The number of carbonyl (C=O) groups is 1. The third kappa shape index (κ3) is 7.38. The van der Waals surface area contributed by atoms with Gasteiger partial charge in [-0.05, 0) is 98.9 Å². The number of hydrogen-bond acceptors (Lipinski definition) is 4. The lowest BCUT2D eigenvalue weighted by molar-refractivity contribution is -0.140. The maximum atomic E-state index is 12.7. The summed E-state index contributed by atoms with van der Waals surface area (Å²) in [6, 6.07) is 7.65. The van der Waals surface area contributed by atoms with E-state index >= 15 is 0 Å². The van der Waals surface area contributed by atoms with Crippen molar-refractivity contribution in [3.8, 4) is 17.1 Å². The van der Waals surface area contributed by atoms with E-state index in [0.717, 1.165) is 48.9 Å². The molecule has 0 spiro atoms. The van der Waals surface area contributed by atoms with E-state index in [0.29, 0.717) is 11.7 Å². The Labute approximate surface area is 212 Å². The fourth-order valence-electron chi connectivity index (χ4n) is 6.03. The van der Waals surface area contributed by atoms with Crippen LogP contribution in [0.15, 0.2) is 36.7 Å². The predicted molar refractivity (Wildman–Crippen MR) is 142 cm³/mol. The van der Waals surface area contributed by atoms with Gasteiger partial charge >= 0.3 is 5.97 Å². The van der Waals surface area contributed by atoms with Crippen molar-refractivity contribution in [2.75, 3.05) is 0 Å². The molecule has 2 fully saturated rings. The van der Waals surface area contributed by atoms with Gasteiger partial charge in [-0.15, -0.1) is 0 Å². The van der Waals surface area contributed by atoms with Gasteiger partial charge in [0.25, 0.3) is 0 Å². The summed E-state index contributed by atoms with van der Waals surface area (Å²) in [5.41, 5.74) is 2.23. The van der Waals surface area contributed by atoms with Crippen molar-refractivity contribution in [3.63, 3.8) is 0 Å². The number of esters is 1. The van der Waals surface area contributed by atoms with E-state index in [1.807, 2.05) is 36.7 Å². The van der Waals surface area contributed by atoms with Crippen LogP contribution >= 0.6 is 0 Å². The Balaban J connectivity index is 1.25. The molecule has 1 heterocycles. The molecule has 190 valence electrons. The molecule has 0 N–H and O–H groups in total. The third-order valence-corrected chi connectivity index (χ3v) is 8.43. The number of rotatable bonds is 10. The molecule has 1 aromatic heterocycles. The summed E-state index contributed by atoms with van der Waals surface area (Å²) >= 11 is 0. The van der Waals surface area contributed by atoms with Gasteiger partial charge in [-0.1, -0.05) is 52.4 Å². The van der Waals surface area contributed by atoms with E-state index in [2.05, 4.69) is 23.8 Å². The van der Waals surface area contributed by atoms with Crippen LogP contribution in [0.2, 0.25) is 0 Å². The number of benzene rings is 1. The van der Waals surface area contributed by atoms with Gasteiger partial charge in [0.2, 0.25) is 0 Å². The van der Waals surface area contributed by atoms with Gasteiger partial charge in [0.05, 0.1) is 5.92 Å². The standard InChI is InChI=1S/C31H44N2O2/c1-3-5-7-23-9-13-25(14-10-23)28-21-32-30(33-22-28)26-17-19-29(20-18-26)35-31(34)27-15-11-24(12-16-27)8-6-4-2/h17-25,27H,3-16H2,1-2H3/t23-,24?,25-,27?. The zero-order valence-corrected chi connectivity index (χ0v) is 21.9. The first kappa shape index (κ1) is 25.9. The first-order chi connectivity index (χ1) is 17.2. The summed E-state index contributed by atoms with van der Waals surface area (Å²) in [5, 5.41) is 0. The van der Waals surface area contributed by atoms with Crippen LogP contribution in [-0.2, 0) is 4.79 Å². The topological polar surface area (TPSA) is 52.1 Å². The molecular weight excluding hydrogens is 432 g/mol. The van der Waals surface area contributed by atoms with Crippen LogP contribution in [0.4, 0.5) is 0 Å². The van der Waals surface area contributed by atoms with Gasteiger partial charge in [-0.3, -0.25) is 4.79 Å². The molecule has 0 bridgehead atoms. The van der Waals surface area contributed by atoms with Crippen molar-refractivity contribution < 1.29 is 9.53 Å². The van der Waals surface area contributed by atoms with Crippen LogP contribution < -0.4 is 4.74 Å². The number of ether oxygens (including phenoxy) is 1. The van der Waals surface area contributed by atoms with E-state index in [1.165, 1.54) is 69.8 Å². The Morgan fingerprint density at radius 1 is 0.800 bits per heavy atom. The minimum atomic E-state index is -0.0725. The quantitative estimate of drug-likeness (QED) is 0.255. The fourth-order valence-corrected chi connectivity index (χ4v) is 6.03. The van der Waals surface area contributed by atoms with E-state index in [9.17, 15) is 4.79 Å². The van der Waals surface area contributed by atoms with Gasteiger partial charge in [0.1, 0.15) is 5.75 Å². The van der Waals surface area contributed by atoms with Crippen LogP contribution in [-0.4, -0.2) is 15.9 Å². The largest absolute Gasteiger partial charge is 0.426 e. The summed E-state index contributed by atoms with van der Waals surface area (Å²) < 4.78 is 5.71. The van der Waals surface area contributed by atoms with Gasteiger partial charge in [-0.25, -0.2) is 9.97 Å². The highest BCUT2D eigenvalue weighted by molar-refractivity contribution is 5.75. The number of hydrogen-bond donors (Lipinski definition) is 0. The highest BCUT2D eigenvalue weighted by atomic mass is 16.5. The minimum absolute atomic E-state index is 0.0464. The van der Waals surface area contributed by atoms with Gasteiger partial charge in [0, 0.05) is 18.0 Å². The highest BCUT2D eigenvalue weighted by Gasteiger charge is 2.27. The van der Waals surface area contributed by atoms with E-state index in [4.69, 9.17) is 4.74 Å². The van der Waals surface area contributed by atoms with Crippen molar-refractivity contribution in [3.05, 3.63) is 42.2 Å². The van der Waals surface area contributed by atoms with Gasteiger partial charge in [0.15, 0.2) is 5.82 Å². The maximum absolute atomic E-state index is 12.7. The fraction of sp³-hybridized carbons (Fsp3) is 0.645. The zero-order valence-electron chi connectivity index (χ0n) is 21.9. The molecule has 0 atom stereocenters. The zero-order chi connectivity index (χ0) is 24.5. The van der Waals surface area contributed by atoms with Crippen molar-refractivity contribution in [1.29, 1.82) is 0 Å². The molecule has 0 radical (unpaired) electrons. The Morgan fingerprint density at radius 3 is 1.89 bits per heavy atom. The molecule has 35 heavy (non-hydrogen) atoms. The Hall–Kier alpha value is -2.23. The molecule has 0 unspecified atom stereocenters. The molecule has 2 aliphatic rings. The first-order valence-electron chi connectivity index (χ1n) is 14.3. The second kappa shape index (κ2) is 13.2. The van der Waals surface area contributed by atoms with Crippen LogP contribution in [0, 0.1) is 17.8 Å². The van der Waals surface area contributed by atoms with Crippen LogP contribution in [0.25, 0.3) is 11.4 Å². The molecule has 1 aromatic carbocycles. The lowest BCUT2D eigenvalue weighted by Crippen LogP contribution is -2.25. The maximum Gasteiger partial charge on any atom is 0.314 e. The monoisotopic (exact) mass is 476 g/mol. The summed E-state index contributed by atoms with van der Waals surface area (Å²) in [5.74, 6) is 3.63. The number of nitrogens with zero attached hydrogens (tertiary/aromatic N) is 2. The van der Waals surface area contributed by atoms with Crippen molar-refractivity contribution in [2.45, 2.75) is 110 Å². The lowest BCUT2D eigenvalue weighted by atomic mass is 9.78. The third-order valence-electron chi connectivity index (χ3n) is 8.43. The summed E-state index contributed by atoms with van der Waals surface area (Å²) in [7, 11) is 0. The molecular formula is C31H44N2O2. The predicted octanol–water partition coefficient (Wildman–Crippen LogP) is 8.51. The number of unbranched alkanes of at least 4 members (excludes halogenated alkanes) is 2. The summed E-state index contributed by atoms with van der Waals surface area (Å²) in [4.78, 5) is 22.0. The molecule has 4 rings (SSSR count). The molecule has 4 heteroatoms. The van der Waals surface area contributed by atoms with Gasteiger partial charge in [-0.2, -0.15) is 0 Å². The molecule has 2 aliphatic carbocycles. The molecule has 2 aromatic rings. The van der Waals surface area contributed by atoms with Crippen molar-refractivity contribution >= 4 is 5.97 Å². The highest BCUT2D eigenvalue weighted by Crippen LogP contribution is 2.37. The average molecular weight is 477 g/mol. The average Bonchev–Trinajstić information content (AvgIpc) is 2.92. The van der Waals surface area contributed by atoms with Crippen LogP contribution in [0.1, 0.15) is 115 Å². The smallest absolute Gasteiger partial charge is 0.314 e. The van der Waals surface area contributed by atoms with Crippen molar-refractivity contribution in [2.24, 2.45) is 17.8 Å². The van der Waals surface area contributed by atoms with Crippen LogP contribution in [0.5, 0.6) is 5.75 Å². The second-order valence-electron chi connectivity index (χ2n) is 11.0. The van der Waals surface area contributed by atoms with E-state index in [-0.39, 0.29) is 11.9 Å². The molecule has 0 aliphatic heterocycles. The normalized spacial score (nSPS) is 24.7. The summed E-state index contributed by atoms with van der Waals surface area (Å²) in [6.45, 7) is 4.53. The molecule has 4 nitrogen and oxygen atoms in total. The Morgan fingerprint density at radius 2 is 1.34 bits per heavy atom. The minimum Gasteiger partial charge on any atom is -0.426 e. The van der Waals surface area contributed by atoms with E-state index in [1.54, 1.807) is 0 Å². The second-order valence-corrected chi connectivity index (χ2v) is 11.0. The SMILES string of the molecule is CCCCC1CCC(C(=O)Oc2ccc(-c3ncc([C@H]4CC[C@H](CCCC)CC4)cn3)cc2)CC1. The molecule has 0 saturated heterocycles. The Kier molecular flexibility index (Phi) is 9.74. The van der Waals surface area contributed by atoms with Crippen molar-refractivity contribution in [1.82, 2.24) is 9.97 Å². The number of aromatic nitrogens is 2. The number of carbonyl (C=O) groups excluding carboxylic acids is 1.